The van der Waals surface area contributed by atoms with Crippen molar-refractivity contribution in [3.05, 3.63) is 0 Å². The largest absolute Gasteiger partial charge is 0.346 e. The molecule has 1 nitrogen and oxygen atoms in total. The van der Waals surface area contributed by atoms with Crippen LogP contribution in [0.1, 0.15) is 0 Å². The zero-order chi connectivity index (χ0) is 5.70. The van der Waals surface area contributed by atoms with E-state index in [0.717, 1.165) is 0 Å². The third-order valence-corrected chi connectivity index (χ3v) is 0.354. The lowest BCUT2D eigenvalue weighted by atomic mass is 11.1. The van der Waals surface area contributed by atoms with E-state index in [0.29, 0.717) is 0 Å². The molecule has 0 N–H and O–H groups in total. The molecule has 0 radical (unpaired) electrons. The van der Waals surface area contributed by atoms with Crippen molar-refractivity contribution in [1.82, 2.24) is 0 Å². The molecule has 0 aliphatic carbocycles. The second kappa shape index (κ2) is 2.70. The van der Waals surface area contributed by atoms with Gasteiger partial charge in [0.15, 0.2) is 0 Å². The van der Waals surface area contributed by atoms with Crippen molar-refractivity contribution >= 4 is 0 Å². The number of hydrogen-bond donors (Lipinski definition) is 0. The highest BCUT2D eigenvalue weighted by atomic mass is 16.7. The van der Waals surface area contributed by atoms with Gasteiger partial charge in [0.2, 0.25) is 0 Å². The van der Waals surface area contributed by atoms with E-state index in [9.17, 15) is 0 Å². The molecule has 0 amide bonds. The Labute approximate surface area is 43.0 Å². The summed E-state index contributed by atoms with van der Waals surface area (Å²) in [5.74, 6) is 0. The molecular formula is C6H3O+. The van der Waals surface area contributed by atoms with Gasteiger partial charge in [-0.05, 0) is 19.3 Å². The number of rotatable bonds is 0. The molecular weight excluding hydrogens is 88.1 g/mol. The highest BCUT2D eigenvalue weighted by Crippen LogP contribution is 1.80. The van der Waals surface area contributed by atoms with E-state index in [1.807, 2.05) is 18.3 Å². The summed E-state index contributed by atoms with van der Waals surface area (Å²) in [5, 5.41) is 0. The lowest BCUT2D eigenvalue weighted by Gasteiger charge is -1.85. The normalized spacial score (nSPS) is 4.71. The second-order valence-corrected chi connectivity index (χ2v) is 0.660. The molecule has 7 heavy (non-hydrogen) atoms. The topological polar surface area (TPSA) is 2.70 Å². The van der Waals surface area contributed by atoms with Gasteiger partial charge in [-0.3, -0.25) is 0 Å². The fourth-order valence-corrected chi connectivity index (χ4v) is 0.102. The lowest BCUT2D eigenvalue weighted by Crippen LogP contribution is -1.86. The van der Waals surface area contributed by atoms with Gasteiger partial charge >= 0.3 is 18.3 Å². The third-order valence-electron chi connectivity index (χ3n) is 0.354. The Morgan fingerprint density at radius 3 is 1.14 bits per heavy atom. The highest BCUT2D eigenvalue weighted by molar-refractivity contribution is 4.97. The third kappa shape index (κ3) is 1.37. The van der Waals surface area contributed by atoms with Crippen molar-refractivity contribution in [1.29, 1.82) is 0 Å². The molecule has 0 aromatic rings. The monoisotopic (exact) mass is 91.0 g/mol. The first-order valence-corrected chi connectivity index (χ1v) is 1.48. The van der Waals surface area contributed by atoms with Crippen LogP contribution in [0, 0.1) is 37.6 Å². The molecule has 0 saturated heterocycles. The minimum absolute atomic E-state index is 1.65. The van der Waals surface area contributed by atoms with Crippen molar-refractivity contribution in [3.63, 3.8) is 0 Å². The van der Waals surface area contributed by atoms with Gasteiger partial charge in [0.25, 0.3) is 0 Å². The first-order chi connectivity index (χ1) is 3.35. The molecule has 0 atom stereocenters. The summed E-state index contributed by atoms with van der Waals surface area (Å²) in [6.07, 6.45) is 20.2. The van der Waals surface area contributed by atoms with Gasteiger partial charge in [-0.15, -0.1) is 0 Å². The van der Waals surface area contributed by atoms with Crippen LogP contribution in [0.4, 0.5) is 0 Å². The van der Waals surface area contributed by atoms with Crippen LogP contribution in [-0.2, 0) is 4.37 Å². The van der Waals surface area contributed by atoms with Gasteiger partial charge in [0.1, 0.15) is 0 Å². The molecule has 32 valence electrons. The van der Waals surface area contributed by atoms with Crippen molar-refractivity contribution in [2.24, 2.45) is 0 Å². The van der Waals surface area contributed by atoms with Crippen LogP contribution in [0.15, 0.2) is 0 Å². The Kier molecular flexibility index (Phi) is 2.12. The second-order valence-electron chi connectivity index (χ2n) is 0.660. The Bertz CT molecular complexity index is 127. The summed E-state index contributed by atoms with van der Waals surface area (Å²) in [6, 6.07) is 0. The molecule has 0 saturated carbocycles. The standard InChI is InChI=1S/C6H3O/c1-4-7(5-2)6-3/h1-3H/q+1. The summed E-state index contributed by atoms with van der Waals surface area (Å²) < 4.78 is 1.65. The average Bonchev–Trinajstić information content (AvgIpc) is 1.72. The fraction of sp³-hybridized carbons (Fsp3) is 0. The summed E-state index contributed by atoms with van der Waals surface area (Å²) in [6.45, 7) is 0. The van der Waals surface area contributed by atoms with Gasteiger partial charge < -0.3 is 4.37 Å². The first-order valence-electron chi connectivity index (χ1n) is 1.48. The summed E-state index contributed by atoms with van der Waals surface area (Å²) in [7, 11) is 0. The lowest BCUT2D eigenvalue weighted by molar-refractivity contribution is 0.242. The fourth-order valence-electron chi connectivity index (χ4n) is 0.102. The summed E-state index contributed by atoms with van der Waals surface area (Å²) in [5.41, 5.74) is 0. The van der Waals surface area contributed by atoms with Crippen LogP contribution in [0.3, 0.4) is 0 Å². The van der Waals surface area contributed by atoms with E-state index < -0.39 is 0 Å². The minimum Gasteiger partial charge on any atom is -0.346 e. The quantitative estimate of drug-likeness (QED) is 0.298. The molecule has 0 fully saturated rings. The SMILES string of the molecule is C#C[O+](C#C)C#C. The maximum absolute atomic E-state index is 4.75. The van der Waals surface area contributed by atoms with Crippen molar-refractivity contribution < 1.29 is 4.37 Å². The number of terminal acetylenes is 3. The Hall–Kier alpha value is -1.52. The van der Waals surface area contributed by atoms with E-state index in [-0.39, 0.29) is 0 Å². The first kappa shape index (κ1) is 5.48. The molecule has 0 heterocycles. The van der Waals surface area contributed by atoms with Gasteiger partial charge in [-0.25, -0.2) is 0 Å². The van der Waals surface area contributed by atoms with E-state index in [1.165, 1.54) is 0 Å². The molecule has 0 unspecified atom stereocenters. The van der Waals surface area contributed by atoms with Gasteiger partial charge in [-0.1, -0.05) is 0 Å². The minimum atomic E-state index is 1.65. The van der Waals surface area contributed by atoms with E-state index >= 15 is 0 Å². The highest BCUT2D eigenvalue weighted by Gasteiger charge is 1.87. The summed E-state index contributed by atoms with van der Waals surface area (Å²) >= 11 is 0. The molecule has 0 aliphatic heterocycles. The molecule has 0 aliphatic rings. The van der Waals surface area contributed by atoms with Crippen LogP contribution in [0.5, 0.6) is 0 Å². The van der Waals surface area contributed by atoms with E-state index in [1.54, 1.807) is 4.37 Å². The number of hydrogen-bond acceptors (Lipinski definition) is 0. The zero-order valence-corrected chi connectivity index (χ0v) is 3.64. The Morgan fingerprint density at radius 1 is 0.857 bits per heavy atom. The van der Waals surface area contributed by atoms with E-state index in [2.05, 4.69) is 0 Å². The van der Waals surface area contributed by atoms with Gasteiger partial charge in [-0.2, -0.15) is 0 Å². The van der Waals surface area contributed by atoms with Crippen molar-refractivity contribution in [2.75, 3.05) is 0 Å². The van der Waals surface area contributed by atoms with Crippen LogP contribution in [0.25, 0.3) is 0 Å². The molecule has 0 rings (SSSR count). The van der Waals surface area contributed by atoms with Crippen LogP contribution in [0.2, 0.25) is 0 Å². The van der Waals surface area contributed by atoms with Gasteiger partial charge in [0.05, 0.1) is 0 Å². The van der Waals surface area contributed by atoms with E-state index in [4.69, 9.17) is 19.3 Å². The zero-order valence-electron chi connectivity index (χ0n) is 3.64. The molecule has 0 bridgehead atoms. The maximum Gasteiger partial charge on any atom is 0.332 e. The van der Waals surface area contributed by atoms with Crippen LogP contribution >= 0.6 is 0 Å². The molecule has 0 spiro atoms. The Morgan fingerprint density at radius 2 is 1.14 bits per heavy atom. The predicted molar refractivity (Wildman–Crippen MR) is 27.6 cm³/mol. The Balaban J connectivity index is 3.82. The van der Waals surface area contributed by atoms with Crippen LogP contribution in [-0.4, -0.2) is 0 Å². The predicted octanol–water partition coefficient (Wildman–Crippen LogP) is 0.311. The van der Waals surface area contributed by atoms with Crippen molar-refractivity contribution in [2.45, 2.75) is 0 Å². The molecule has 1 heteroatoms. The molecule has 0 aromatic carbocycles. The smallest absolute Gasteiger partial charge is 0.332 e. The summed E-state index contributed by atoms with van der Waals surface area (Å²) in [4.78, 5) is 0. The maximum atomic E-state index is 4.75. The van der Waals surface area contributed by atoms with Crippen molar-refractivity contribution in [3.8, 4) is 37.6 Å². The van der Waals surface area contributed by atoms with Gasteiger partial charge in [0, 0.05) is 0 Å². The van der Waals surface area contributed by atoms with Crippen LogP contribution < -0.4 is 0 Å². The average molecular weight is 91.1 g/mol. The molecule has 0 aromatic heterocycles.